The minimum atomic E-state index is 0.0262. The van der Waals surface area contributed by atoms with Gasteiger partial charge in [-0.25, -0.2) is 9.97 Å². The van der Waals surface area contributed by atoms with Crippen molar-refractivity contribution in [3.05, 3.63) is 142 Å². The lowest BCUT2D eigenvalue weighted by atomic mass is 9.78. The summed E-state index contributed by atoms with van der Waals surface area (Å²) >= 11 is 0. The predicted molar refractivity (Wildman–Crippen MR) is 207 cm³/mol. The van der Waals surface area contributed by atoms with Gasteiger partial charge >= 0.3 is 0 Å². The summed E-state index contributed by atoms with van der Waals surface area (Å²) in [7, 11) is 0. The van der Waals surface area contributed by atoms with E-state index in [1.165, 1.54) is 64.2 Å². The van der Waals surface area contributed by atoms with E-state index < -0.39 is 0 Å². The summed E-state index contributed by atoms with van der Waals surface area (Å²) in [5.41, 5.74) is 11.2. The average Bonchev–Trinajstić information content (AvgIpc) is 3.58. The zero-order valence-electron chi connectivity index (χ0n) is 29.7. The van der Waals surface area contributed by atoms with E-state index in [0.29, 0.717) is 29.8 Å². The second kappa shape index (κ2) is 11.5. The van der Waals surface area contributed by atoms with E-state index in [0.717, 1.165) is 63.0 Å². The molecular weight excluding hydrogens is 623 g/mol. The van der Waals surface area contributed by atoms with Crippen LogP contribution in [-0.4, -0.2) is 55.0 Å². The highest BCUT2D eigenvalue weighted by Gasteiger charge is 2.52. The van der Waals surface area contributed by atoms with Crippen LogP contribution in [0.1, 0.15) is 92.9 Å². The van der Waals surface area contributed by atoms with Crippen molar-refractivity contribution >= 4 is 17.0 Å². The molecule has 0 spiro atoms. The Balaban J connectivity index is 1.01. The lowest BCUT2D eigenvalue weighted by Gasteiger charge is -2.43. The molecule has 0 radical (unpaired) electrons. The highest BCUT2D eigenvalue weighted by atomic mass is 15.3. The molecule has 0 N–H and O–H groups in total. The summed E-state index contributed by atoms with van der Waals surface area (Å²) in [6.07, 6.45) is 38.7. The number of fused-ring (bicyclic) bond motifs is 7. The van der Waals surface area contributed by atoms with E-state index in [4.69, 9.17) is 9.97 Å². The number of benzene rings is 1. The van der Waals surface area contributed by atoms with E-state index in [-0.39, 0.29) is 5.54 Å². The molecule has 1 aromatic carbocycles. The Hall–Kier alpha value is -4.48. The van der Waals surface area contributed by atoms with Crippen LogP contribution < -0.4 is 0 Å². The van der Waals surface area contributed by atoms with Crippen LogP contribution in [0.15, 0.2) is 120 Å². The largest absolute Gasteiger partial charge is 0.358 e. The molecule has 5 unspecified atom stereocenters. The normalized spacial score (nSPS) is 32.9. The molecule has 256 valence electrons. The molecule has 7 atom stereocenters. The molecule has 8 aliphatic rings. The average molecular weight is 670 g/mol. The lowest BCUT2D eigenvalue weighted by molar-refractivity contribution is 0.190. The third-order valence-electron chi connectivity index (χ3n) is 13.5. The monoisotopic (exact) mass is 669 g/mol. The number of allylic oxidation sites excluding steroid dienone is 11. The molecule has 3 aromatic rings. The molecule has 5 heteroatoms. The van der Waals surface area contributed by atoms with Gasteiger partial charge in [-0.2, -0.15) is 0 Å². The minimum absolute atomic E-state index is 0.0262. The zero-order chi connectivity index (χ0) is 33.7. The van der Waals surface area contributed by atoms with Gasteiger partial charge in [0, 0.05) is 58.7 Å². The molecule has 3 saturated heterocycles. The van der Waals surface area contributed by atoms with Crippen molar-refractivity contribution in [3.8, 4) is 5.82 Å². The molecule has 5 nitrogen and oxygen atoms in total. The molecule has 0 bridgehead atoms. The molecule has 3 aliphatic heterocycles. The van der Waals surface area contributed by atoms with Gasteiger partial charge in [0.05, 0.1) is 22.8 Å². The van der Waals surface area contributed by atoms with Crippen LogP contribution in [0, 0.1) is 5.92 Å². The first kappa shape index (κ1) is 30.2. The van der Waals surface area contributed by atoms with E-state index in [9.17, 15) is 0 Å². The Bertz CT molecular complexity index is 2220. The van der Waals surface area contributed by atoms with E-state index in [2.05, 4.69) is 125 Å². The second-order valence-corrected chi connectivity index (χ2v) is 16.4. The van der Waals surface area contributed by atoms with Crippen molar-refractivity contribution in [2.75, 3.05) is 13.1 Å². The third-order valence-corrected chi connectivity index (χ3v) is 13.5. The third kappa shape index (κ3) is 4.69. The van der Waals surface area contributed by atoms with Gasteiger partial charge < -0.3 is 4.90 Å². The number of para-hydroxylation sites is 1. The lowest BCUT2D eigenvalue weighted by Crippen LogP contribution is -2.45. The van der Waals surface area contributed by atoms with Crippen LogP contribution in [0.3, 0.4) is 0 Å². The predicted octanol–water partition coefficient (Wildman–Crippen LogP) is 9.42. The Morgan fingerprint density at radius 1 is 0.922 bits per heavy atom. The van der Waals surface area contributed by atoms with Crippen LogP contribution in [0.4, 0.5) is 0 Å². The van der Waals surface area contributed by atoms with Gasteiger partial charge in [0.15, 0.2) is 0 Å². The molecule has 0 amide bonds. The topological polar surface area (TPSA) is 37.0 Å². The maximum atomic E-state index is 5.44. The van der Waals surface area contributed by atoms with Crippen LogP contribution in [0.2, 0.25) is 0 Å². The maximum absolute atomic E-state index is 5.44. The first-order valence-corrected chi connectivity index (χ1v) is 19.7. The fourth-order valence-corrected chi connectivity index (χ4v) is 10.9. The van der Waals surface area contributed by atoms with Crippen LogP contribution in [0.25, 0.3) is 22.8 Å². The second-order valence-electron chi connectivity index (χ2n) is 16.4. The fraction of sp³-hybridized carbons (Fsp3) is 0.391. The standard InChI is InChI=1S/C46H47N5/c1-46-24-11-10-17-38(46)35-21-19-32(27-42(35)51(46)33-14-6-3-7-15-33)31-20-22-41-37(26-31)34-16-8-9-18-40(34)50(41)44-28-39(36-23-25-49-29-43(36)49)47-45(48-44)30-12-4-2-5-13-30/h2-4,6,8-11,14,16-19,21,26-28,30,35-36,42-43H,5,7,12-13,15,20,22-25,29H2,1H3/t30-,35?,36?,42-,43?,46?,49?/m1/s1. The van der Waals surface area contributed by atoms with Crippen LogP contribution in [-0.2, 0) is 6.42 Å². The number of nitrogens with zero attached hydrogens (tertiary/aromatic N) is 5. The summed E-state index contributed by atoms with van der Waals surface area (Å²) in [5.74, 6) is 3.47. The van der Waals surface area contributed by atoms with Crippen molar-refractivity contribution in [3.63, 3.8) is 0 Å². The molecule has 3 fully saturated rings. The highest BCUT2D eigenvalue weighted by molar-refractivity contribution is 5.94. The van der Waals surface area contributed by atoms with Gasteiger partial charge in [-0.15, -0.1) is 0 Å². The van der Waals surface area contributed by atoms with Gasteiger partial charge in [-0.05, 0) is 106 Å². The highest BCUT2D eigenvalue weighted by Crippen LogP contribution is 2.53. The quantitative estimate of drug-likeness (QED) is 0.200. The smallest absolute Gasteiger partial charge is 0.141 e. The van der Waals surface area contributed by atoms with E-state index in [1.807, 2.05) is 0 Å². The van der Waals surface area contributed by atoms with Crippen LogP contribution >= 0.6 is 0 Å². The number of aromatic nitrogens is 3. The Morgan fingerprint density at radius 3 is 2.71 bits per heavy atom. The summed E-state index contributed by atoms with van der Waals surface area (Å²) < 4.78 is 2.51. The molecule has 11 rings (SSSR count). The Kier molecular flexibility index (Phi) is 6.81. The first-order chi connectivity index (χ1) is 25.1. The molecule has 51 heavy (non-hydrogen) atoms. The molecule has 0 saturated carbocycles. The fourth-order valence-electron chi connectivity index (χ4n) is 10.9. The van der Waals surface area contributed by atoms with E-state index >= 15 is 0 Å². The van der Waals surface area contributed by atoms with Gasteiger partial charge in [-0.3, -0.25) is 9.47 Å². The van der Waals surface area contributed by atoms with Crippen molar-refractivity contribution in [2.24, 2.45) is 5.92 Å². The van der Waals surface area contributed by atoms with Crippen molar-refractivity contribution < 1.29 is 0 Å². The van der Waals surface area contributed by atoms with Crippen molar-refractivity contribution in [2.45, 2.75) is 94.2 Å². The van der Waals surface area contributed by atoms with Crippen molar-refractivity contribution in [1.82, 2.24) is 24.3 Å². The number of likely N-dealkylation sites (tertiary alicyclic amines) is 1. The number of piperidine rings is 1. The Morgan fingerprint density at radius 2 is 1.86 bits per heavy atom. The SMILES string of the molecule is CC12CC=CC=C1C1C=CC(C3=Cc4c(n(-c5cc(C6CCN7CC67)nc([C@@H]6CC=CCC6)n5)c5ccccc45)CC3)=C[C@H]1N2C1=CC=CCC1. The van der Waals surface area contributed by atoms with Crippen molar-refractivity contribution in [1.29, 1.82) is 0 Å². The summed E-state index contributed by atoms with van der Waals surface area (Å²) in [4.78, 5) is 16.2. The Labute approximate surface area is 301 Å². The number of rotatable bonds is 5. The minimum Gasteiger partial charge on any atom is -0.358 e. The summed E-state index contributed by atoms with van der Waals surface area (Å²) in [6, 6.07) is 12.4. The van der Waals surface area contributed by atoms with Gasteiger partial charge in [0.1, 0.15) is 11.6 Å². The maximum Gasteiger partial charge on any atom is 0.141 e. The molecule has 5 heterocycles. The van der Waals surface area contributed by atoms with E-state index in [1.54, 1.807) is 5.57 Å². The van der Waals surface area contributed by atoms with Gasteiger partial charge in [0.25, 0.3) is 0 Å². The number of hydrogen-bond acceptors (Lipinski definition) is 4. The zero-order valence-corrected chi connectivity index (χ0v) is 29.7. The summed E-state index contributed by atoms with van der Waals surface area (Å²) in [6.45, 7) is 4.91. The number of hydrogen-bond donors (Lipinski definition) is 0. The van der Waals surface area contributed by atoms with Gasteiger partial charge in [-0.1, -0.05) is 79.0 Å². The molecule has 2 aromatic heterocycles. The van der Waals surface area contributed by atoms with Gasteiger partial charge in [0.2, 0.25) is 0 Å². The summed E-state index contributed by atoms with van der Waals surface area (Å²) in [5, 5.41) is 1.33. The molecular formula is C46H47N5. The first-order valence-electron chi connectivity index (χ1n) is 19.7. The van der Waals surface area contributed by atoms with Crippen LogP contribution in [0.5, 0.6) is 0 Å². The molecule has 5 aliphatic carbocycles.